The van der Waals surface area contributed by atoms with Crippen molar-refractivity contribution >= 4 is 76.1 Å². The van der Waals surface area contributed by atoms with E-state index < -0.39 is 0 Å². The summed E-state index contributed by atoms with van der Waals surface area (Å²) in [5.74, 6) is 0.660. The highest BCUT2D eigenvalue weighted by molar-refractivity contribution is 6.24. The molecular formula is C46H28N4. The van der Waals surface area contributed by atoms with Crippen LogP contribution >= 0.6 is 0 Å². The van der Waals surface area contributed by atoms with E-state index >= 15 is 0 Å². The predicted octanol–water partition coefficient (Wildman–Crippen LogP) is 11.8. The van der Waals surface area contributed by atoms with Crippen LogP contribution in [0, 0.1) is 0 Å². The Bertz CT molecular complexity index is 3150. The molecule has 0 N–H and O–H groups in total. The van der Waals surface area contributed by atoms with Gasteiger partial charge in [0.2, 0.25) is 5.95 Å². The average molecular weight is 637 g/mol. The van der Waals surface area contributed by atoms with E-state index in [9.17, 15) is 0 Å². The molecule has 0 fully saturated rings. The first-order valence-electron chi connectivity index (χ1n) is 17.0. The number of aromatic nitrogens is 4. The molecule has 0 amide bonds. The van der Waals surface area contributed by atoms with Gasteiger partial charge in [-0.1, -0.05) is 121 Å². The first kappa shape index (κ1) is 27.2. The summed E-state index contributed by atoms with van der Waals surface area (Å²) in [5, 5.41) is 10.5. The number of hydrogen-bond acceptors (Lipinski definition) is 2. The molecule has 0 atom stereocenters. The maximum absolute atomic E-state index is 5.63. The highest BCUT2D eigenvalue weighted by Gasteiger charge is 2.23. The van der Waals surface area contributed by atoms with Crippen molar-refractivity contribution in [1.82, 2.24) is 19.1 Å². The quantitative estimate of drug-likeness (QED) is 0.193. The van der Waals surface area contributed by atoms with Crippen LogP contribution in [0.1, 0.15) is 0 Å². The number of fused-ring (bicyclic) bond motifs is 9. The second kappa shape index (κ2) is 10.4. The van der Waals surface area contributed by atoms with Crippen LogP contribution in [0.3, 0.4) is 0 Å². The Morgan fingerprint density at radius 1 is 0.360 bits per heavy atom. The van der Waals surface area contributed by atoms with Crippen LogP contribution in [-0.2, 0) is 0 Å². The molecule has 0 saturated heterocycles. The lowest BCUT2D eigenvalue weighted by molar-refractivity contribution is 1.02. The van der Waals surface area contributed by atoms with Crippen molar-refractivity contribution in [3.63, 3.8) is 0 Å². The van der Waals surface area contributed by atoms with Gasteiger partial charge in [-0.25, -0.2) is 9.97 Å². The van der Waals surface area contributed by atoms with Crippen molar-refractivity contribution < 1.29 is 0 Å². The Labute approximate surface area is 287 Å². The third kappa shape index (κ3) is 3.81. The monoisotopic (exact) mass is 636 g/mol. The van der Waals surface area contributed by atoms with E-state index in [1.807, 2.05) is 0 Å². The first-order chi connectivity index (χ1) is 24.8. The number of benzene rings is 8. The fourth-order valence-corrected chi connectivity index (χ4v) is 8.12. The maximum atomic E-state index is 5.63. The van der Waals surface area contributed by atoms with Crippen LogP contribution in [0.5, 0.6) is 0 Å². The Hall–Kier alpha value is -6.78. The second-order valence-corrected chi connectivity index (χ2v) is 13.0. The molecule has 0 spiro atoms. The molecule has 4 nitrogen and oxygen atoms in total. The molecule has 8 aromatic carbocycles. The zero-order valence-electron chi connectivity index (χ0n) is 27.0. The Morgan fingerprint density at radius 3 is 1.74 bits per heavy atom. The van der Waals surface area contributed by atoms with Gasteiger partial charge in [0.25, 0.3) is 0 Å². The predicted molar refractivity (Wildman–Crippen MR) is 209 cm³/mol. The van der Waals surface area contributed by atoms with Gasteiger partial charge in [0.1, 0.15) is 0 Å². The second-order valence-electron chi connectivity index (χ2n) is 13.0. The molecule has 0 radical (unpaired) electrons. The van der Waals surface area contributed by atoms with Crippen molar-refractivity contribution in [3.8, 4) is 22.9 Å². The number of nitrogens with zero attached hydrogens (tertiary/aromatic N) is 4. The summed E-state index contributed by atoms with van der Waals surface area (Å²) < 4.78 is 4.64. The lowest BCUT2D eigenvalue weighted by atomic mass is 9.94. The van der Waals surface area contributed by atoms with Gasteiger partial charge in [0, 0.05) is 38.2 Å². The third-order valence-corrected chi connectivity index (χ3v) is 10.3. The Morgan fingerprint density at radius 2 is 0.940 bits per heavy atom. The van der Waals surface area contributed by atoms with Gasteiger partial charge in [0.15, 0.2) is 0 Å². The number of para-hydroxylation sites is 4. The minimum atomic E-state index is 0.660. The van der Waals surface area contributed by atoms with Crippen molar-refractivity contribution in [2.45, 2.75) is 0 Å². The molecule has 3 heterocycles. The minimum absolute atomic E-state index is 0.660. The summed E-state index contributed by atoms with van der Waals surface area (Å²) in [6.45, 7) is 0. The lowest BCUT2D eigenvalue weighted by Crippen LogP contribution is -2.04. The van der Waals surface area contributed by atoms with E-state index in [4.69, 9.17) is 9.97 Å². The topological polar surface area (TPSA) is 35.6 Å². The van der Waals surface area contributed by atoms with Crippen LogP contribution in [0.15, 0.2) is 170 Å². The molecule has 232 valence electrons. The third-order valence-electron chi connectivity index (χ3n) is 10.3. The van der Waals surface area contributed by atoms with Gasteiger partial charge in [-0.05, 0) is 70.1 Å². The SMILES string of the molecule is c1ccc(-n2c3ccccc3c3c(-c4nc(-n5c6ccccc6c6cc7ccccc7cc65)nc5ccccc45)c4ccccc4cc32)cc1. The molecule has 0 saturated carbocycles. The fraction of sp³-hybridized carbons (Fsp3) is 0. The molecule has 0 unspecified atom stereocenters. The zero-order valence-corrected chi connectivity index (χ0v) is 27.0. The Balaban J connectivity index is 1.32. The fourth-order valence-electron chi connectivity index (χ4n) is 8.12. The van der Waals surface area contributed by atoms with Gasteiger partial charge < -0.3 is 4.57 Å². The van der Waals surface area contributed by atoms with E-state index in [1.54, 1.807) is 0 Å². The van der Waals surface area contributed by atoms with E-state index in [1.165, 1.54) is 43.1 Å². The molecule has 0 bridgehead atoms. The molecule has 4 heteroatoms. The van der Waals surface area contributed by atoms with Crippen molar-refractivity contribution in [2.75, 3.05) is 0 Å². The largest absolute Gasteiger partial charge is 0.309 e. The summed E-state index contributed by atoms with van der Waals surface area (Å²) in [4.78, 5) is 10.9. The lowest BCUT2D eigenvalue weighted by Gasteiger charge is -2.15. The normalized spacial score (nSPS) is 12.0. The smallest absolute Gasteiger partial charge is 0.235 e. The molecule has 0 aliphatic heterocycles. The van der Waals surface area contributed by atoms with E-state index in [0.717, 1.165) is 49.9 Å². The highest BCUT2D eigenvalue weighted by Crippen LogP contribution is 2.44. The Kier molecular flexibility index (Phi) is 5.63. The van der Waals surface area contributed by atoms with E-state index in [0.29, 0.717) is 5.95 Å². The highest BCUT2D eigenvalue weighted by atomic mass is 15.2. The summed E-state index contributed by atoms with van der Waals surface area (Å²) in [6, 6.07) is 60.7. The maximum Gasteiger partial charge on any atom is 0.235 e. The van der Waals surface area contributed by atoms with Crippen molar-refractivity contribution in [1.29, 1.82) is 0 Å². The van der Waals surface area contributed by atoms with Gasteiger partial charge >= 0.3 is 0 Å². The molecule has 0 aliphatic rings. The van der Waals surface area contributed by atoms with Crippen molar-refractivity contribution in [3.05, 3.63) is 170 Å². The minimum Gasteiger partial charge on any atom is -0.309 e. The number of hydrogen-bond donors (Lipinski definition) is 0. The summed E-state index contributed by atoms with van der Waals surface area (Å²) in [5.41, 5.74) is 8.58. The molecule has 50 heavy (non-hydrogen) atoms. The van der Waals surface area contributed by atoms with Crippen LogP contribution in [0.2, 0.25) is 0 Å². The average Bonchev–Trinajstić information content (AvgIpc) is 3.68. The van der Waals surface area contributed by atoms with Crippen LogP contribution in [0.4, 0.5) is 0 Å². The molecular weight excluding hydrogens is 609 g/mol. The van der Waals surface area contributed by atoms with Crippen LogP contribution < -0.4 is 0 Å². The van der Waals surface area contributed by atoms with Gasteiger partial charge in [-0.15, -0.1) is 0 Å². The van der Waals surface area contributed by atoms with Crippen molar-refractivity contribution in [2.24, 2.45) is 0 Å². The summed E-state index contributed by atoms with van der Waals surface area (Å²) >= 11 is 0. The summed E-state index contributed by atoms with van der Waals surface area (Å²) in [6.07, 6.45) is 0. The zero-order chi connectivity index (χ0) is 32.8. The van der Waals surface area contributed by atoms with E-state index in [2.05, 4.69) is 179 Å². The van der Waals surface area contributed by atoms with Crippen LogP contribution in [-0.4, -0.2) is 19.1 Å². The molecule has 11 aromatic rings. The molecule has 0 aliphatic carbocycles. The summed E-state index contributed by atoms with van der Waals surface area (Å²) in [7, 11) is 0. The number of rotatable bonds is 3. The van der Waals surface area contributed by atoms with Gasteiger partial charge in [-0.3, -0.25) is 4.57 Å². The van der Waals surface area contributed by atoms with Crippen LogP contribution in [0.25, 0.3) is 99.0 Å². The molecule has 3 aromatic heterocycles. The standard InChI is InChI=1S/C46H28N4/c1-2-17-32(18-3-1)49-40-25-13-10-22-36(40)43-42(49)28-31-16-6-7-19-33(31)44(43)45-35-21-8-11-23-38(35)47-46(48-45)50-39-24-12-9-20-34(39)37-26-29-14-4-5-15-30(29)27-41(37)50/h1-28H. The van der Waals surface area contributed by atoms with Gasteiger partial charge in [0.05, 0.1) is 33.3 Å². The van der Waals surface area contributed by atoms with Gasteiger partial charge in [-0.2, -0.15) is 0 Å². The first-order valence-corrected chi connectivity index (χ1v) is 17.0. The molecule has 11 rings (SSSR count). The van der Waals surface area contributed by atoms with E-state index in [-0.39, 0.29) is 0 Å².